The molecule has 2 aliphatic rings. The highest BCUT2D eigenvalue weighted by molar-refractivity contribution is 7.14. The predicted molar refractivity (Wildman–Crippen MR) is 132 cm³/mol. The van der Waals surface area contributed by atoms with Crippen LogP contribution in [-0.4, -0.2) is 60.1 Å². The van der Waals surface area contributed by atoms with E-state index in [-0.39, 0.29) is 17.2 Å². The van der Waals surface area contributed by atoms with Crippen molar-refractivity contribution >= 4 is 40.3 Å². The first kappa shape index (κ1) is 24.3. The fourth-order valence-electron chi connectivity index (χ4n) is 4.11. The third kappa shape index (κ3) is 4.96. The molecule has 1 aromatic heterocycles. The summed E-state index contributed by atoms with van der Waals surface area (Å²) in [4.78, 5) is 56.7. The van der Waals surface area contributed by atoms with E-state index >= 15 is 0 Å². The molecule has 1 fully saturated rings. The van der Waals surface area contributed by atoms with Crippen molar-refractivity contribution in [1.82, 2.24) is 15.2 Å². The van der Waals surface area contributed by atoms with Crippen molar-refractivity contribution in [1.29, 1.82) is 0 Å². The molecule has 2 aliphatic heterocycles. The van der Waals surface area contributed by atoms with Gasteiger partial charge in [0, 0.05) is 11.8 Å². The van der Waals surface area contributed by atoms with E-state index < -0.39 is 35.9 Å². The second-order valence-corrected chi connectivity index (χ2v) is 9.08. The Morgan fingerprint density at radius 2 is 1.92 bits per heavy atom. The van der Waals surface area contributed by atoms with Gasteiger partial charge in [-0.3, -0.25) is 9.59 Å². The Labute approximate surface area is 215 Å². The summed E-state index contributed by atoms with van der Waals surface area (Å²) in [5, 5.41) is 6.88. The number of esters is 1. The van der Waals surface area contributed by atoms with Crippen LogP contribution in [0, 0.1) is 0 Å². The van der Waals surface area contributed by atoms with Gasteiger partial charge in [-0.1, -0.05) is 36.4 Å². The van der Waals surface area contributed by atoms with E-state index in [9.17, 15) is 19.2 Å². The molecule has 5 rings (SSSR count). The van der Waals surface area contributed by atoms with Crippen molar-refractivity contribution in [3.63, 3.8) is 0 Å². The molecule has 2 atom stereocenters. The van der Waals surface area contributed by atoms with E-state index in [1.165, 1.54) is 12.5 Å². The van der Waals surface area contributed by atoms with Gasteiger partial charge >= 0.3 is 12.0 Å². The molecule has 0 spiro atoms. The minimum atomic E-state index is -1.18. The lowest BCUT2D eigenvalue weighted by Gasteiger charge is -2.24. The third-order valence-corrected chi connectivity index (χ3v) is 6.64. The van der Waals surface area contributed by atoms with Crippen LogP contribution in [0.5, 0.6) is 11.5 Å². The zero-order valence-electron chi connectivity index (χ0n) is 19.6. The zero-order chi connectivity index (χ0) is 25.9. The number of nitrogens with zero attached hydrogens (tertiary/aromatic N) is 2. The molecule has 11 nitrogen and oxygen atoms in total. The fraction of sp³-hybridized carbons (Fsp3) is 0.240. The van der Waals surface area contributed by atoms with Gasteiger partial charge in [0.25, 0.3) is 5.91 Å². The number of carbonyl (C=O) groups is 4. The maximum atomic E-state index is 13.5. The van der Waals surface area contributed by atoms with E-state index in [1.54, 1.807) is 42.5 Å². The Balaban J connectivity index is 1.41. The number of methoxy groups -OCH3 is 1. The largest absolute Gasteiger partial charge is 0.486 e. The molecule has 0 bridgehead atoms. The number of hydrogen-bond acceptors (Lipinski definition) is 9. The summed E-state index contributed by atoms with van der Waals surface area (Å²) < 4.78 is 15.8. The van der Waals surface area contributed by atoms with E-state index in [0.29, 0.717) is 30.3 Å². The molecule has 37 heavy (non-hydrogen) atoms. The molecular weight excluding hydrogens is 500 g/mol. The zero-order valence-corrected chi connectivity index (χ0v) is 20.4. The van der Waals surface area contributed by atoms with E-state index in [2.05, 4.69) is 20.4 Å². The Bertz CT molecular complexity index is 1360. The molecule has 190 valence electrons. The molecule has 0 radical (unpaired) electrons. The summed E-state index contributed by atoms with van der Waals surface area (Å²) in [5.41, 5.74) is 1.29. The monoisotopic (exact) mass is 522 g/mol. The highest BCUT2D eigenvalue weighted by atomic mass is 32.1. The lowest BCUT2D eigenvalue weighted by molar-refractivity contribution is -0.134. The van der Waals surface area contributed by atoms with Gasteiger partial charge in [0.05, 0.1) is 7.11 Å². The summed E-state index contributed by atoms with van der Waals surface area (Å²) in [6, 6.07) is 11.2. The number of urea groups is 1. The molecule has 1 saturated heterocycles. The Morgan fingerprint density at radius 1 is 1.16 bits per heavy atom. The van der Waals surface area contributed by atoms with Gasteiger partial charge in [-0.2, -0.15) is 0 Å². The van der Waals surface area contributed by atoms with Crippen LogP contribution in [0.15, 0.2) is 53.9 Å². The van der Waals surface area contributed by atoms with E-state index in [4.69, 9.17) is 9.47 Å². The highest BCUT2D eigenvalue weighted by Crippen LogP contribution is 2.35. The van der Waals surface area contributed by atoms with Crippen LogP contribution in [0.3, 0.4) is 0 Å². The second-order valence-electron chi connectivity index (χ2n) is 8.22. The standard InChI is InChI=1S/C25H22N4O7S/c1-34-23(32)16-13-37-24(26-16)28-21(30)17(11-14-5-3-2-4-6-14)29-22(31)20(27-25(29)33)15-7-8-18-19(12-15)36-10-9-35-18/h2-8,12-13,17,20H,9-11H2,1H3,(H,27,33)(H,26,28,30)/t17-,20+/m0/s1. The Hall–Kier alpha value is -4.45. The van der Waals surface area contributed by atoms with Crippen LogP contribution in [-0.2, 0) is 20.7 Å². The summed E-state index contributed by atoms with van der Waals surface area (Å²) >= 11 is 1.03. The molecular formula is C25H22N4O7S. The molecule has 0 aliphatic carbocycles. The normalized spacial score (nSPS) is 17.2. The molecule has 4 amide bonds. The quantitative estimate of drug-likeness (QED) is 0.357. The number of imide groups is 1. The Kier molecular flexibility index (Phi) is 6.73. The lowest BCUT2D eigenvalue weighted by Crippen LogP contribution is -2.49. The first-order chi connectivity index (χ1) is 17.9. The van der Waals surface area contributed by atoms with Crippen LogP contribution < -0.4 is 20.1 Å². The van der Waals surface area contributed by atoms with Gasteiger partial charge in [0.15, 0.2) is 22.3 Å². The van der Waals surface area contributed by atoms with Gasteiger partial charge in [0.2, 0.25) is 5.91 Å². The minimum absolute atomic E-state index is 0.0380. The maximum absolute atomic E-state index is 13.5. The van der Waals surface area contributed by atoms with Crippen LogP contribution in [0.25, 0.3) is 0 Å². The molecule has 3 aromatic rings. The predicted octanol–water partition coefficient (Wildman–Crippen LogP) is 2.54. The van der Waals surface area contributed by atoms with Crippen LogP contribution >= 0.6 is 11.3 Å². The number of benzene rings is 2. The SMILES string of the molecule is COC(=O)c1csc(NC(=O)[C@H](Cc2ccccc2)N2C(=O)N[C@H](c3ccc4c(c3)OCCO4)C2=O)n1. The van der Waals surface area contributed by atoms with Crippen molar-refractivity contribution in [2.75, 3.05) is 25.6 Å². The molecule has 2 N–H and O–H groups in total. The number of thiazole rings is 1. The number of rotatable bonds is 7. The van der Waals surface area contributed by atoms with E-state index in [0.717, 1.165) is 21.8 Å². The summed E-state index contributed by atoms with van der Waals surface area (Å²) in [6.07, 6.45) is 0.0783. The maximum Gasteiger partial charge on any atom is 0.357 e. The average molecular weight is 523 g/mol. The number of hydrogen-bond donors (Lipinski definition) is 2. The number of anilines is 1. The molecule has 2 aromatic carbocycles. The van der Waals surface area contributed by atoms with Gasteiger partial charge in [-0.15, -0.1) is 11.3 Å². The smallest absolute Gasteiger partial charge is 0.357 e. The lowest BCUT2D eigenvalue weighted by atomic mass is 10.0. The fourth-order valence-corrected chi connectivity index (χ4v) is 4.79. The number of ether oxygens (including phenoxy) is 3. The summed E-state index contributed by atoms with van der Waals surface area (Å²) in [5.74, 6) is -0.810. The highest BCUT2D eigenvalue weighted by Gasteiger charge is 2.45. The van der Waals surface area contributed by atoms with Gasteiger partial charge in [-0.25, -0.2) is 19.5 Å². The summed E-state index contributed by atoms with van der Waals surface area (Å²) in [6.45, 7) is 0.803. The van der Waals surface area contributed by atoms with Crippen molar-refractivity contribution in [2.45, 2.75) is 18.5 Å². The van der Waals surface area contributed by atoms with Crippen LogP contribution in [0.2, 0.25) is 0 Å². The number of fused-ring (bicyclic) bond motifs is 1. The third-order valence-electron chi connectivity index (χ3n) is 5.89. The molecule has 0 unspecified atom stereocenters. The average Bonchev–Trinajstić information content (AvgIpc) is 3.50. The minimum Gasteiger partial charge on any atom is -0.486 e. The van der Waals surface area contributed by atoms with Gasteiger partial charge < -0.3 is 24.8 Å². The van der Waals surface area contributed by atoms with Crippen molar-refractivity contribution in [3.05, 3.63) is 70.7 Å². The second kappa shape index (κ2) is 10.3. The molecule has 12 heteroatoms. The number of nitrogens with one attached hydrogen (secondary N) is 2. The first-order valence-corrected chi connectivity index (χ1v) is 12.2. The van der Waals surface area contributed by atoms with Gasteiger partial charge in [0.1, 0.15) is 25.3 Å². The first-order valence-electron chi connectivity index (χ1n) is 11.4. The van der Waals surface area contributed by atoms with Crippen molar-refractivity contribution in [2.24, 2.45) is 0 Å². The number of carbonyl (C=O) groups excluding carboxylic acids is 4. The van der Waals surface area contributed by atoms with Gasteiger partial charge in [-0.05, 0) is 23.3 Å². The Morgan fingerprint density at radius 3 is 2.68 bits per heavy atom. The van der Waals surface area contributed by atoms with Crippen molar-refractivity contribution in [3.8, 4) is 11.5 Å². The van der Waals surface area contributed by atoms with Crippen LogP contribution in [0.1, 0.15) is 27.7 Å². The van der Waals surface area contributed by atoms with Crippen LogP contribution in [0.4, 0.5) is 9.93 Å². The molecule has 3 heterocycles. The number of aromatic nitrogens is 1. The van der Waals surface area contributed by atoms with Crippen molar-refractivity contribution < 1.29 is 33.4 Å². The number of amides is 4. The summed E-state index contributed by atoms with van der Waals surface area (Å²) in [7, 11) is 1.23. The molecule has 0 saturated carbocycles. The topological polar surface area (TPSA) is 136 Å². The van der Waals surface area contributed by atoms with E-state index in [1.807, 2.05) is 6.07 Å².